The molecule has 1 aromatic carbocycles. The number of hydrogen-bond acceptors (Lipinski definition) is 18. The largest absolute Gasteiger partial charge is 0.778 e. The molecule has 2 amide bonds. The lowest BCUT2D eigenvalue weighted by molar-refractivity contribution is -0.193. The number of terminal acetylenes is 1. The first kappa shape index (κ1) is 57.0. The molecule has 0 aliphatic rings. The number of benzene rings is 1. The molecule has 0 fully saturated rings. The highest BCUT2D eigenvalue weighted by Gasteiger charge is 2.29. The van der Waals surface area contributed by atoms with Gasteiger partial charge in [-0.25, -0.2) is 27.7 Å². The van der Waals surface area contributed by atoms with Crippen LogP contribution in [0.3, 0.4) is 0 Å². The third kappa shape index (κ3) is 19.8. The molecule has 0 saturated heterocycles. The van der Waals surface area contributed by atoms with Crippen LogP contribution in [0.1, 0.15) is 33.6 Å². The van der Waals surface area contributed by atoms with Gasteiger partial charge in [0.15, 0.2) is 14.9 Å². The number of urea groups is 1. The van der Waals surface area contributed by atoms with Gasteiger partial charge in [0.25, 0.3) is 10.0 Å². The number of nitrogens with one attached hydrogen (secondary N) is 3. The van der Waals surface area contributed by atoms with Crippen LogP contribution in [-0.4, -0.2) is 122 Å². The Labute approximate surface area is 382 Å². The Morgan fingerprint density at radius 2 is 1.64 bits per heavy atom. The van der Waals surface area contributed by atoms with E-state index in [4.69, 9.17) is 58.3 Å². The number of carbonyl (C=O) groups is 2. The molecule has 0 aliphatic carbocycles. The number of carbonyl (C=O) groups excluding carboxylic acids is 1. The number of methoxy groups -OCH3 is 2. The minimum Gasteiger partial charge on any atom is -0.778 e. The second-order valence-electron chi connectivity index (χ2n) is 13.4. The predicted molar refractivity (Wildman–Crippen MR) is 237 cm³/mol. The highest BCUT2D eigenvalue weighted by molar-refractivity contribution is 7.94. The minimum atomic E-state index is -4.61. The van der Waals surface area contributed by atoms with Gasteiger partial charge in [-0.1, -0.05) is 56.8 Å². The van der Waals surface area contributed by atoms with E-state index in [-0.39, 0.29) is 40.1 Å². The molecule has 5 N–H and O–H groups in total. The number of hydrogen-bond donors (Lipinski definition) is 5. The van der Waals surface area contributed by atoms with Crippen molar-refractivity contribution < 1.29 is 64.5 Å². The van der Waals surface area contributed by atoms with Crippen LogP contribution in [0.4, 0.5) is 10.7 Å². The van der Waals surface area contributed by atoms with Crippen LogP contribution in [0.2, 0.25) is 10.0 Å². The van der Waals surface area contributed by atoms with E-state index in [0.717, 1.165) is 16.9 Å². The lowest BCUT2D eigenvalue weighted by Crippen LogP contribution is -2.36. The fourth-order valence-corrected chi connectivity index (χ4v) is 7.35. The number of sulfone groups is 1. The van der Waals surface area contributed by atoms with Crippen molar-refractivity contribution in [3.63, 3.8) is 0 Å². The highest BCUT2D eigenvalue weighted by atomic mass is 35.5. The van der Waals surface area contributed by atoms with Crippen molar-refractivity contribution in [3.8, 4) is 35.5 Å². The van der Waals surface area contributed by atoms with Crippen molar-refractivity contribution >= 4 is 79.5 Å². The predicted octanol–water partition coefficient (Wildman–Crippen LogP) is 2.29. The Morgan fingerprint density at radius 3 is 2.11 bits per heavy atom. The van der Waals surface area contributed by atoms with Gasteiger partial charge in [-0.2, -0.15) is 23.1 Å². The number of pyridine rings is 1. The lowest BCUT2D eigenvalue weighted by Gasteiger charge is -2.14. The molecule has 64 heavy (non-hydrogen) atoms. The molecule has 3 heterocycles. The quantitative estimate of drug-likeness (QED) is 0.0687. The number of sulfonamides is 1. The molecule has 0 spiro atoms. The normalized spacial score (nSPS) is 12.0. The van der Waals surface area contributed by atoms with Crippen LogP contribution < -0.4 is 40.2 Å². The summed E-state index contributed by atoms with van der Waals surface area (Å²) in [6, 6.07) is 5.43. The average Bonchev–Trinajstić information content (AvgIpc) is 3.58. The number of carboxylic acid groups (broad SMARTS) is 1. The van der Waals surface area contributed by atoms with Gasteiger partial charge in [0.05, 0.1) is 73.4 Å². The number of anilines is 1. The maximum absolute atomic E-state index is 12.5. The summed E-state index contributed by atoms with van der Waals surface area (Å²) in [6.07, 6.45) is 12.1. The van der Waals surface area contributed by atoms with E-state index in [2.05, 4.69) is 50.1 Å². The number of ether oxygens (including phenoxy) is 3. The van der Waals surface area contributed by atoms with E-state index in [1.807, 2.05) is 26.1 Å². The Bertz CT molecular complexity index is 2570. The fraction of sp³-hybridized carbons (Fsp3) is 0.400. The Morgan fingerprint density at radius 1 is 1.06 bits per heavy atom. The zero-order chi connectivity index (χ0) is 49.2. The molecule has 0 saturated carbocycles. The monoisotopic (exact) mass is 1020 g/mol. The average molecular weight is 1020 g/mol. The molecule has 4 rings (SSSR count). The highest BCUT2D eigenvalue weighted by Crippen LogP contribution is 2.33. The summed E-state index contributed by atoms with van der Waals surface area (Å²) in [6.45, 7) is 6.57. The van der Waals surface area contributed by atoms with Gasteiger partial charge in [0.1, 0.15) is 24.8 Å². The van der Waals surface area contributed by atoms with Crippen LogP contribution in [0.25, 0.3) is 5.69 Å². The van der Waals surface area contributed by atoms with E-state index in [0.29, 0.717) is 28.2 Å². The number of aromatic nitrogens is 5. The summed E-state index contributed by atoms with van der Waals surface area (Å²) in [5.41, 5.74) is -0.103. The van der Waals surface area contributed by atoms with Gasteiger partial charge in [0, 0.05) is 17.7 Å². The van der Waals surface area contributed by atoms with E-state index < -0.39 is 73.4 Å². The summed E-state index contributed by atoms with van der Waals surface area (Å²) in [5.74, 6) is 0.614. The van der Waals surface area contributed by atoms with Gasteiger partial charge in [0.2, 0.25) is 23.6 Å². The van der Waals surface area contributed by atoms with Crippen molar-refractivity contribution in [2.45, 2.75) is 43.0 Å². The number of halogens is 2. The molecule has 0 aliphatic heterocycles. The summed E-state index contributed by atoms with van der Waals surface area (Å²) in [4.78, 5) is 62.6. The van der Waals surface area contributed by atoms with Gasteiger partial charge >= 0.3 is 17.8 Å². The molecule has 29 heteroatoms. The number of carboxylic acids is 1. The lowest BCUT2D eigenvalue weighted by atomic mass is 9.97. The van der Waals surface area contributed by atoms with Gasteiger partial charge in [-0.05, 0) is 29.1 Å². The molecule has 4 aromatic rings. The smallest absolute Gasteiger partial charge is 0.442 e. The maximum atomic E-state index is 12.5. The fourth-order valence-electron chi connectivity index (χ4n) is 3.88. The summed E-state index contributed by atoms with van der Waals surface area (Å²) in [5, 5.41) is 16.0. The molecule has 354 valence electrons. The molecule has 23 nitrogen and oxygen atoms in total. The topological polar surface area (TPSA) is 333 Å². The van der Waals surface area contributed by atoms with Gasteiger partial charge in [-0.3, -0.25) is 15.4 Å². The molecular weight excluding hydrogens is 971 g/mol. The first-order valence-electron chi connectivity index (χ1n) is 17.6. The second kappa shape index (κ2) is 25.5. The minimum absolute atomic E-state index is 0.0434. The van der Waals surface area contributed by atoms with Crippen LogP contribution in [0, 0.1) is 12.3 Å². The number of rotatable bonds is 14. The van der Waals surface area contributed by atoms with Crippen molar-refractivity contribution in [2.24, 2.45) is 0 Å². The Hall–Kier alpha value is -4.97. The zero-order valence-electron chi connectivity index (χ0n) is 35.7. The molecule has 3 aromatic heterocycles. The van der Waals surface area contributed by atoms with Crippen LogP contribution >= 0.6 is 30.8 Å². The summed E-state index contributed by atoms with van der Waals surface area (Å²) in [7, 11) is -9.56. The van der Waals surface area contributed by atoms with E-state index in [9.17, 15) is 40.7 Å². The third-order valence-corrected chi connectivity index (χ3v) is 11.0. The van der Waals surface area contributed by atoms with Crippen LogP contribution in [-0.2, 0) is 45.5 Å². The van der Waals surface area contributed by atoms with Crippen molar-refractivity contribution in [3.05, 3.63) is 63.0 Å². The Kier molecular flexibility index (Phi) is 22.7. The first-order valence-corrected chi connectivity index (χ1v) is 25.7. The van der Waals surface area contributed by atoms with Crippen molar-refractivity contribution in [1.82, 2.24) is 34.8 Å². The van der Waals surface area contributed by atoms with Crippen molar-refractivity contribution in [1.29, 1.82) is 0 Å². The zero-order valence-corrected chi connectivity index (χ0v) is 40.6. The van der Waals surface area contributed by atoms with Crippen LogP contribution in [0.5, 0.6) is 17.5 Å². The summed E-state index contributed by atoms with van der Waals surface area (Å²) < 4.78 is 82.2. The molecule has 0 bridgehead atoms. The molecular formula is C35H47Cl2N8O15PS3. The SMILES string of the molecule is C#CCOc1cc(-n2nc(C(C)(C)C)oc2=O)c(Cl)cc1Cl.CCS(=O)(=O)c1cccnc1S(=O)(=O)NC(=O)Nc1nc(OC)cc(OC)n1.C[S+](C)C.O=C(O)CNCP(=O)([O-])O. The van der Waals surface area contributed by atoms with Gasteiger partial charge < -0.3 is 38.1 Å². The number of amides is 2. The maximum Gasteiger partial charge on any atom is 0.442 e. The van der Waals surface area contributed by atoms with E-state index >= 15 is 0 Å². The van der Waals surface area contributed by atoms with E-state index in [1.165, 1.54) is 45.4 Å². The number of aliphatic carboxylic acids is 1. The number of nitrogens with zero attached hydrogens (tertiary/aromatic N) is 5. The van der Waals surface area contributed by atoms with E-state index in [1.54, 1.807) is 4.72 Å². The summed E-state index contributed by atoms with van der Waals surface area (Å²) >= 11 is 12.2. The second-order valence-corrected chi connectivity index (χ2v) is 22.1. The Balaban J connectivity index is 0.000000502. The third-order valence-electron chi connectivity index (χ3n) is 6.57. The molecule has 0 radical (unpaired) electrons. The standard InChI is InChI=1S/C15H14Cl2N2O3.C14H17N5O7S2.C3H8NO5P.C3H9S/c1-5-6-21-12-8-11(9(16)7-10(12)17)19-14(20)22-13(18-19)15(2,3)4;1-4-27(21,22)9-6-5-7-15-12(9)28(23,24)19-14(20)18-13-16-10(25-2)8-11(17-13)26-3;5-3(6)1-4-2-10(7,8)9;1-4(2)3/h1,7-8H,6H2,2-4H3;5-8H,4H2,1-3H3,(H2,16,17,18,19,20);4H,1-2H2,(H,5,6)(H2,7,8,9);1-3H3/q;;;+1/p-1. The van der Waals surface area contributed by atoms with Gasteiger partial charge in [-0.15, -0.1) is 11.5 Å². The first-order chi connectivity index (χ1) is 29.5. The van der Waals surface area contributed by atoms with Crippen LogP contribution in [0.15, 0.2) is 55.7 Å². The molecule has 1 atom stereocenters. The van der Waals surface area contributed by atoms with Crippen molar-refractivity contribution in [2.75, 3.05) is 63.5 Å². The molecule has 1 unspecified atom stereocenters.